The maximum Gasteiger partial charge on any atom is 0.226 e. The number of carbonyl (C=O) groups is 1. The van der Waals surface area contributed by atoms with Crippen LogP contribution in [0.5, 0.6) is 0 Å². The normalized spacial score (nSPS) is 20.3. The molecule has 6 heteroatoms. The molecular formula is C21H23N3O2S. The number of rotatable bonds is 5. The molecule has 0 radical (unpaired) electrons. The maximum atomic E-state index is 12.7. The Morgan fingerprint density at radius 2 is 2.11 bits per heavy atom. The summed E-state index contributed by atoms with van der Waals surface area (Å²) in [6.07, 6.45) is 3.25. The average molecular weight is 382 g/mol. The first kappa shape index (κ1) is 18.1. The third-order valence-corrected chi connectivity index (χ3v) is 6.16. The van der Waals surface area contributed by atoms with Gasteiger partial charge < -0.3 is 10.4 Å². The van der Waals surface area contributed by atoms with Crippen molar-refractivity contribution >= 4 is 28.1 Å². The van der Waals surface area contributed by atoms with Crippen LogP contribution in [-0.2, 0) is 11.2 Å². The van der Waals surface area contributed by atoms with Gasteiger partial charge >= 0.3 is 0 Å². The van der Waals surface area contributed by atoms with Gasteiger partial charge in [0, 0.05) is 16.5 Å². The van der Waals surface area contributed by atoms with Gasteiger partial charge in [0.1, 0.15) is 0 Å². The van der Waals surface area contributed by atoms with Crippen LogP contribution in [0.15, 0.2) is 36.5 Å². The minimum atomic E-state index is -0.272. The van der Waals surface area contributed by atoms with Crippen molar-refractivity contribution in [3.63, 3.8) is 0 Å². The van der Waals surface area contributed by atoms with Crippen LogP contribution in [0.1, 0.15) is 40.0 Å². The number of hydrogen-bond donors (Lipinski definition) is 2. The molecule has 1 atom stereocenters. The summed E-state index contributed by atoms with van der Waals surface area (Å²) in [6, 6.07) is 9.92. The van der Waals surface area contributed by atoms with Crippen LogP contribution >= 0.6 is 11.3 Å². The predicted molar refractivity (Wildman–Crippen MR) is 107 cm³/mol. The number of aryl methyl sites for hydroxylation is 2. The summed E-state index contributed by atoms with van der Waals surface area (Å²) in [5.41, 5.74) is 2.78. The van der Waals surface area contributed by atoms with Gasteiger partial charge in [0.2, 0.25) is 5.91 Å². The van der Waals surface area contributed by atoms with Gasteiger partial charge in [-0.25, -0.2) is 4.98 Å². The predicted octanol–water partition coefficient (Wildman–Crippen LogP) is 3.48. The Hall–Kier alpha value is -2.31. The van der Waals surface area contributed by atoms with Crippen molar-refractivity contribution in [2.45, 2.75) is 45.3 Å². The first-order chi connectivity index (χ1) is 13.0. The molecule has 1 aliphatic rings. The lowest BCUT2D eigenvalue weighted by Crippen LogP contribution is -2.42. The minimum absolute atomic E-state index is 0.0389. The third kappa shape index (κ3) is 3.87. The van der Waals surface area contributed by atoms with Gasteiger partial charge in [-0.15, -0.1) is 11.3 Å². The molecule has 3 aromatic rings. The first-order valence-electron chi connectivity index (χ1n) is 9.24. The largest absolute Gasteiger partial charge is 0.393 e. The summed E-state index contributed by atoms with van der Waals surface area (Å²) in [5.74, 6) is 0.188. The molecule has 2 aromatic heterocycles. The van der Waals surface area contributed by atoms with E-state index in [9.17, 15) is 9.90 Å². The van der Waals surface area contributed by atoms with Crippen molar-refractivity contribution in [2.24, 2.45) is 5.92 Å². The summed E-state index contributed by atoms with van der Waals surface area (Å²) in [5, 5.41) is 15.0. The molecule has 0 spiro atoms. The number of amides is 1. The van der Waals surface area contributed by atoms with Gasteiger partial charge in [0.15, 0.2) is 0 Å². The van der Waals surface area contributed by atoms with Crippen LogP contribution in [0.2, 0.25) is 0 Å². The number of thiazole rings is 1. The number of nitrogens with one attached hydrogen (secondary N) is 1. The molecule has 1 amide bonds. The highest BCUT2D eigenvalue weighted by Gasteiger charge is 2.36. The van der Waals surface area contributed by atoms with Crippen molar-refractivity contribution in [1.29, 1.82) is 0 Å². The van der Waals surface area contributed by atoms with Crippen molar-refractivity contribution < 1.29 is 9.90 Å². The minimum Gasteiger partial charge on any atom is -0.393 e. The second kappa shape index (κ2) is 7.37. The summed E-state index contributed by atoms with van der Waals surface area (Å²) in [4.78, 5) is 22.8. The van der Waals surface area contributed by atoms with Crippen molar-refractivity contribution in [1.82, 2.24) is 15.3 Å². The van der Waals surface area contributed by atoms with E-state index in [0.29, 0.717) is 12.8 Å². The number of benzene rings is 1. The molecule has 1 aliphatic carbocycles. The molecule has 140 valence electrons. The van der Waals surface area contributed by atoms with Crippen LogP contribution < -0.4 is 5.32 Å². The van der Waals surface area contributed by atoms with Crippen molar-refractivity contribution in [2.75, 3.05) is 0 Å². The van der Waals surface area contributed by atoms with Crippen molar-refractivity contribution in [3.8, 4) is 0 Å². The number of carbonyl (C=O) groups excluding carboxylic acids is 1. The van der Waals surface area contributed by atoms with Gasteiger partial charge in [-0.05, 0) is 50.3 Å². The van der Waals surface area contributed by atoms with Gasteiger partial charge in [0.25, 0.3) is 0 Å². The van der Waals surface area contributed by atoms with Crippen LogP contribution in [0.25, 0.3) is 10.9 Å². The lowest BCUT2D eigenvalue weighted by atomic mass is 9.75. The van der Waals surface area contributed by atoms with Gasteiger partial charge in [-0.3, -0.25) is 9.78 Å². The van der Waals surface area contributed by atoms with Crippen LogP contribution in [0.3, 0.4) is 0 Å². The second-order valence-corrected chi connectivity index (χ2v) is 8.71. The monoisotopic (exact) mass is 381 g/mol. The molecule has 0 saturated heterocycles. The maximum absolute atomic E-state index is 12.7. The zero-order chi connectivity index (χ0) is 19.0. The number of fused-ring (bicyclic) bond motifs is 1. The Bertz CT molecular complexity index is 978. The van der Waals surface area contributed by atoms with E-state index in [1.807, 2.05) is 44.3 Å². The number of nitrogens with zero attached hydrogens (tertiary/aromatic N) is 2. The number of aromatic nitrogens is 2. The van der Waals surface area contributed by atoms with E-state index in [-0.39, 0.29) is 30.4 Å². The average Bonchev–Trinajstić information content (AvgIpc) is 2.94. The lowest BCUT2D eigenvalue weighted by Gasteiger charge is -2.38. The molecule has 1 saturated carbocycles. The van der Waals surface area contributed by atoms with E-state index in [1.165, 1.54) is 0 Å². The number of para-hydroxylation sites is 1. The Balaban J connectivity index is 1.56. The molecular weight excluding hydrogens is 358 g/mol. The van der Waals surface area contributed by atoms with Crippen LogP contribution in [-0.4, -0.2) is 27.1 Å². The molecule has 27 heavy (non-hydrogen) atoms. The zero-order valence-electron chi connectivity index (χ0n) is 15.5. The van der Waals surface area contributed by atoms with Gasteiger partial charge in [-0.2, -0.15) is 0 Å². The first-order valence-corrected chi connectivity index (χ1v) is 10.1. The topological polar surface area (TPSA) is 75.1 Å². The van der Waals surface area contributed by atoms with E-state index >= 15 is 0 Å². The van der Waals surface area contributed by atoms with Gasteiger partial charge in [0.05, 0.1) is 34.8 Å². The number of aliphatic hydroxyl groups excluding tert-OH is 1. The van der Waals surface area contributed by atoms with E-state index in [1.54, 1.807) is 11.3 Å². The Kier molecular flexibility index (Phi) is 4.93. The fraction of sp³-hybridized carbons (Fsp3) is 0.381. The smallest absolute Gasteiger partial charge is 0.226 e. The zero-order valence-corrected chi connectivity index (χ0v) is 16.3. The van der Waals surface area contributed by atoms with E-state index < -0.39 is 0 Å². The van der Waals surface area contributed by atoms with E-state index in [0.717, 1.165) is 32.0 Å². The standard InChI is InChI=1S/C21H23N3O2S/c1-12-19(23-13(2)27-12)10-20(26)24-21(15-8-17(25)9-15)16-7-14-5-3-4-6-18(14)22-11-16/h3-7,11,15,17,21,25H,8-10H2,1-2H3,(H,24,26). The number of aliphatic hydroxyl groups is 1. The number of hydrogen-bond acceptors (Lipinski definition) is 5. The fourth-order valence-electron chi connectivity index (χ4n) is 3.75. The Morgan fingerprint density at radius 1 is 1.33 bits per heavy atom. The molecule has 1 fully saturated rings. The highest BCUT2D eigenvalue weighted by atomic mass is 32.1. The second-order valence-electron chi connectivity index (χ2n) is 7.30. The molecule has 0 aliphatic heterocycles. The molecule has 0 bridgehead atoms. The molecule has 1 aromatic carbocycles. The SMILES string of the molecule is Cc1nc(CC(=O)NC(c2cnc3ccccc3c2)C2CC(O)C2)c(C)s1. The quantitative estimate of drug-likeness (QED) is 0.709. The summed E-state index contributed by atoms with van der Waals surface area (Å²) >= 11 is 1.62. The molecule has 5 nitrogen and oxygen atoms in total. The Morgan fingerprint density at radius 3 is 2.81 bits per heavy atom. The Labute approximate surface area is 162 Å². The van der Waals surface area contributed by atoms with Gasteiger partial charge in [-0.1, -0.05) is 18.2 Å². The van der Waals surface area contributed by atoms with E-state index in [4.69, 9.17) is 0 Å². The highest BCUT2D eigenvalue weighted by molar-refractivity contribution is 7.11. The fourth-order valence-corrected chi connectivity index (χ4v) is 4.58. The summed E-state index contributed by atoms with van der Waals surface area (Å²) < 4.78 is 0. The molecule has 1 unspecified atom stereocenters. The molecule has 4 rings (SSSR count). The highest BCUT2D eigenvalue weighted by Crippen LogP contribution is 2.38. The summed E-state index contributed by atoms with van der Waals surface area (Å²) in [6.45, 7) is 3.96. The van der Waals surface area contributed by atoms with Crippen LogP contribution in [0, 0.1) is 19.8 Å². The van der Waals surface area contributed by atoms with Crippen LogP contribution in [0.4, 0.5) is 0 Å². The van der Waals surface area contributed by atoms with E-state index in [2.05, 4.69) is 21.4 Å². The number of pyridine rings is 1. The lowest BCUT2D eigenvalue weighted by molar-refractivity contribution is -0.122. The molecule has 2 heterocycles. The third-order valence-electron chi connectivity index (χ3n) is 5.24. The molecule has 2 N–H and O–H groups in total. The summed E-state index contributed by atoms with van der Waals surface area (Å²) in [7, 11) is 0. The van der Waals surface area contributed by atoms with Crippen molar-refractivity contribution in [3.05, 3.63) is 57.7 Å².